The Morgan fingerprint density at radius 1 is 1.82 bits per heavy atom. The monoisotopic (exact) mass is 156 g/mol. The lowest BCUT2D eigenvalue weighted by molar-refractivity contribution is -0.124. The lowest BCUT2D eigenvalue weighted by Crippen LogP contribution is -2.34. The van der Waals surface area contributed by atoms with Crippen LogP contribution in [0.25, 0.3) is 0 Å². The molecule has 0 radical (unpaired) electrons. The molecule has 0 bridgehead atoms. The molecule has 1 aliphatic rings. The number of rotatable bonds is 2. The summed E-state index contributed by atoms with van der Waals surface area (Å²) >= 11 is 0. The molecule has 0 aromatic heterocycles. The average Bonchev–Trinajstić information content (AvgIpc) is 2.30. The van der Waals surface area contributed by atoms with Crippen molar-refractivity contribution in [3.05, 3.63) is 0 Å². The van der Waals surface area contributed by atoms with Gasteiger partial charge in [0.05, 0.1) is 5.92 Å². The van der Waals surface area contributed by atoms with Gasteiger partial charge in [0.2, 0.25) is 11.8 Å². The quantitative estimate of drug-likeness (QED) is 0.559. The zero-order chi connectivity index (χ0) is 8.43. The molecule has 11 heavy (non-hydrogen) atoms. The Bertz CT molecular complexity index is 191. The zero-order valence-electron chi connectivity index (χ0n) is 6.46. The summed E-state index contributed by atoms with van der Waals surface area (Å²) in [7, 11) is 0. The smallest absolute Gasteiger partial charge is 0.223 e. The second kappa shape index (κ2) is 2.90. The zero-order valence-corrected chi connectivity index (χ0v) is 6.46. The molecule has 1 rings (SSSR count). The predicted molar refractivity (Wildman–Crippen MR) is 39.5 cm³/mol. The maximum Gasteiger partial charge on any atom is 0.223 e. The summed E-state index contributed by atoms with van der Waals surface area (Å²) in [5, 5.41) is 2.70. The summed E-state index contributed by atoms with van der Waals surface area (Å²) in [5.74, 6) is -0.747. The van der Waals surface area contributed by atoms with Gasteiger partial charge in [0.25, 0.3) is 0 Å². The van der Waals surface area contributed by atoms with E-state index in [0.29, 0.717) is 0 Å². The Labute approximate surface area is 65.1 Å². The van der Waals surface area contributed by atoms with E-state index in [1.54, 1.807) is 0 Å². The minimum absolute atomic E-state index is 0.0417. The van der Waals surface area contributed by atoms with Crippen LogP contribution in [-0.2, 0) is 9.59 Å². The SMILES string of the molecule is CCC1NC(=O)CC1C(N)=O. The van der Waals surface area contributed by atoms with Crippen LogP contribution >= 0.6 is 0 Å². The summed E-state index contributed by atoms with van der Waals surface area (Å²) in [4.78, 5) is 21.6. The van der Waals surface area contributed by atoms with Crippen LogP contribution in [0.2, 0.25) is 0 Å². The van der Waals surface area contributed by atoms with E-state index < -0.39 is 0 Å². The van der Waals surface area contributed by atoms with E-state index in [9.17, 15) is 9.59 Å². The minimum Gasteiger partial charge on any atom is -0.369 e. The summed E-state index contributed by atoms with van der Waals surface area (Å²) in [6.07, 6.45) is 1.02. The highest BCUT2D eigenvalue weighted by atomic mass is 16.2. The highest BCUT2D eigenvalue weighted by Crippen LogP contribution is 2.17. The first-order chi connectivity index (χ1) is 5.15. The van der Waals surface area contributed by atoms with Gasteiger partial charge in [-0.3, -0.25) is 9.59 Å². The van der Waals surface area contributed by atoms with Crippen molar-refractivity contribution in [2.75, 3.05) is 0 Å². The highest BCUT2D eigenvalue weighted by molar-refractivity contribution is 5.89. The van der Waals surface area contributed by atoms with Gasteiger partial charge in [-0.1, -0.05) is 6.92 Å². The van der Waals surface area contributed by atoms with Crippen molar-refractivity contribution in [2.24, 2.45) is 11.7 Å². The van der Waals surface area contributed by atoms with E-state index in [1.165, 1.54) is 0 Å². The van der Waals surface area contributed by atoms with Gasteiger partial charge in [-0.05, 0) is 6.42 Å². The van der Waals surface area contributed by atoms with Gasteiger partial charge in [-0.15, -0.1) is 0 Å². The van der Waals surface area contributed by atoms with E-state index in [2.05, 4.69) is 5.32 Å². The first kappa shape index (κ1) is 8.04. The molecule has 1 aliphatic heterocycles. The molecular weight excluding hydrogens is 144 g/mol. The Kier molecular flexibility index (Phi) is 2.12. The summed E-state index contributed by atoms with van der Waals surface area (Å²) < 4.78 is 0. The summed E-state index contributed by atoms with van der Waals surface area (Å²) in [6, 6.07) is -0.0417. The van der Waals surface area contributed by atoms with E-state index >= 15 is 0 Å². The number of carbonyl (C=O) groups excluding carboxylic acids is 2. The summed E-state index contributed by atoms with van der Waals surface area (Å²) in [6.45, 7) is 1.92. The molecule has 0 aromatic rings. The van der Waals surface area contributed by atoms with Crippen molar-refractivity contribution >= 4 is 11.8 Å². The molecule has 62 valence electrons. The molecular formula is C7H12N2O2. The largest absolute Gasteiger partial charge is 0.369 e. The maximum atomic E-state index is 10.8. The maximum absolute atomic E-state index is 10.8. The minimum atomic E-state index is -0.379. The molecule has 2 unspecified atom stereocenters. The number of primary amides is 1. The topological polar surface area (TPSA) is 72.2 Å². The number of nitrogens with two attached hydrogens (primary N) is 1. The molecule has 0 aliphatic carbocycles. The van der Waals surface area contributed by atoms with Gasteiger partial charge in [0, 0.05) is 12.5 Å². The normalized spacial score (nSPS) is 30.1. The number of hydrogen-bond acceptors (Lipinski definition) is 2. The van der Waals surface area contributed by atoms with E-state index in [-0.39, 0.29) is 30.2 Å². The molecule has 0 spiro atoms. The van der Waals surface area contributed by atoms with Crippen LogP contribution in [0.1, 0.15) is 19.8 Å². The third kappa shape index (κ3) is 1.50. The fourth-order valence-electron chi connectivity index (χ4n) is 1.39. The van der Waals surface area contributed by atoms with Gasteiger partial charge in [-0.25, -0.2) is 0 Å². The molecule has 1 saturated heterocycles. The molecule has 0 saturated carbocycles. The van der Waals surface area contributed by atoms with Crippen LogP contribution in [-0.4, -0.2) is 17.9 Å². The van der Waals surface area contributed by atoms with E-state index in [0.717, 1.165) is 6.42 Å². The van der Waals surface area contributed by atoms with E-state index in [4.69, 9.17) is 5.73 Å². The Morgan fingerprint density at radius 2 is 2.45 bits per heavy atom. The lowest BCUT2D eigenvalue weighted by atomic mass is 9.98. The fraction of sp³-hybridized carbons (Fsp3) is 0.714. The number of amides is 2. The Morgan fingerprint density at radius 3 is 2.82 bits per heavy atom. The molecule has 4 heteroatoms. The number of nitrogens with one attached hydrogen (secondary N) is 1. The van der Waals surface area contributed by atoms with Gasteiger partial charge >= 0.3 is 0 Å². The number of hydrogen-bond donors (Lipinski definition) is 2. The van der Waals surface area contributed by atoms with Crippen LogP contribution in [0.4, 0.5) is 0 Å². The average molecular weight is 156 g/mol. The summed E-state index contributed by atoms with van der Waals surface area (Å²) in [5.41, 5.74) is 5.09. The van der Waals surface area contributed by atoms with Gasteiger partial charge < -0.3 is 11.1 Å². The molecule has 1 fully saturated rings. The Hall–Kier alpha value is -1.06. The standard InChI is InChI=1S/C7H12N2O2/c1-2-5-4(7(8)11)3-6(10)9-5/h4-5H,2-3H2,1H3,(H2,8,11)(H,9,10). The predicted octanol–water partition coefficient (Wildman–Crippen LogP) is -0.614. The first-order valence-corrected chi connectivity index (χ1v) is 3.73. The second-order valence-corrected chi connectivity index (χ2v) is 2.80. The van der Waals surface area contributed by atoms with Crippen molar-refractivity contribution in [2.45, 2.75) is 25.8 Å². The van der Waals surface area contributed by atoms with E-state index in [1.807, 2.05) is 6.92 Å². The number of carbonyl (C=O) groups is 2. The van der Waals surface area contributed by atoms with Crippen LogP contribution in [0.3, 0.4) is 0 Å². The molecule has 1 heterocycles. The highest BCUT2D eigenvalue weighted by Gasteiger charge is 2.34. The van der Waals surface area contributed by atoms with Crippen molar-refractivity contribution in [3.63, 3.8) is 0 Å². The van der Waals surface area contributed by atoms with Crippen molar-refractivity contribution in [1.29, 1.82) is 0 Å². The molecule has 3 N–H and O–H groups in total. The lowest BCUT2D eigenvalue weighted by Gasteiger charge is -2.12. The molecule has 0 aromatic carbocycles. The van der Waals surface area contributed by atoms with Crippen molar-refractivity contribution < 1.29 is 9.59 Å². The fourth-order valence-corrected chi connectivity index (χ4v) is 1.39. The first-order valence-electron chi connectivity index (χ1n) is 3.73. The molecule has 2 amide bonds. The van der Waals surface area contributed by atoms with Gasteiger partial charge in [0.1, 0.15) is 0 Å². The second-order valence-electron chi connectivity index (χ2n) is 2.80. The van der Waals surface area contributed by atoms with Crippen LogP contribution in [0.5, 0.6) is 0 Å². The van der Waals surface area contributed by atoms with Crippen LogP contribution in [0.15, 0.2) is 0 Å². The van der Waals surface area contributed by atoms with Crippen molar-refractivity contribution in [3.8, 4) is 0 Å². The molecule has 4 nitrogen and oxygen atoms in total. The Balaban J connectivity index is 2.64. The van der Waals surface area contributed by atoms with Gasteiger partial charge in [0.15, 0.2) is 0 Å². The third-order valence-electron chi connectivity index (χ3n) is 2.04. The van der Waals surface area contributed by atoms with Crippen LogP contribution < -0.4 is 11.1 Å². The van der Waals surface area contributed by atoms with Gasteiger partial charge in [-0.2, -0.15) is 0 Å². The van der Waals surface area contributed by atoms with Crippen molar-refractivity contribution in [1.82, 2.24) is 5.32 Å². The van der Waals surface area contributed by atoms with Crippen LogP contribution in [0, 0.1) is 5.92 Å². The molecule has 2 atom stereocenters. The third-order valence-corrected chi connectivity index (χ3v) is 2.04.